The molecule has 0 atom stereocenters. The second-order valence-electron chi connectivity index (χ2n) is 11.8. The van der Waals surface area contributed by atoms with Crippen LogP contribution in [0.3, 0.4) is 0 Å². The van der Waals surface area contributed by atoms with Gasteiger partial charge in [-0.1, -0.05) is 76.2 Å². The fourth-order valence-corrected chi connectivity index (χ4v) is 1.79. The van der Waals surface area contributed by atoms with Crippen molar-refractivity contribution in [2.45, 2.75) is 95.5 Å². The van der Waals surface area contributed by atoms with Crippen molar-refractivity contribution in [3.05, 3.63) is 31.5 Å². The van der Waals surface area contributed by atoms with E-state index in [9.17, 15) is 14.4 Å². The number of hydrogen-bond acceptors (Lipinski definition) is 3. The zero-order valence-electron chi connectivity index (χ0n) is 20.7. The Morgan fingerprint density at radius 1 is 0.607 bits per heavy atom. The van der Waals surface area contributed by atoms with Crippen molar-refractivity contribution in [1.29, 1.82) is 0 Å². The number of nitrogens with zero attached hydrogens (tertiary/aromatic N) is 3. The third kappa shape index (κ3) is 15.5. The van der Waals surface area contributed by atoms with Crippen LogP contribution in [0.15, 0.2) is 14.4 Å². The van der Waals surface area contributed by atoms with Gasteiger partial charge in [-0.3, -0.25) is 0 Å². The molecule has 6 nitrogen and oxygen atoms in total. The molecule has 1 aromatic rings. The molecule has 0 aromatic carbocycles. The van der Waals surface area contributed by atoms with Gasteiger partial charge in [0.1, 0.15) is 0 Å². The first kappa shape index (κ1) is 28.6. The van der Waals surface area contributed by atoms with Crippen molar-refractivity contribution in [2.24, 2.45) is 30.3 Å². The highest BCUT2D eigenvalue weighted by Gasteiger charge is 2.13. The molecule has 0 fully saturated rings. The molecule has 0 saturated heterocycles. The minimum absolute atomic E-state index is 0.162. The van der Waals surface area contributed by atoms with E-state index in [-0.39, 0.29) is 5.41 Å². The molecule has 0 aliphatic rings. The average Bonchev–Trinajstić information content (AvgIpc) is 2.42. The van der Waals surface area contributed by atoms with E-state index >= 15 is 0 Å². The first-order chi connectivity index (χ1) is 12.1. The Morgan fingerprint density at radius 3 is 1.14 bits per heavy atom. The minimum atomic E-state index is -0.586. The second kappa shape index (κ2) is 10.8. The molecule has 0 N–H and O–H groups in total. The van der Waals surface area contributed by atoms with E-state index in [0.29, 0.717) is 17.4 Å². The molecule has 0 saturated carbocycles. The Bertz CT molecular complexity index is 697. The van der Waals surface area contributed by atoms with Crippen LogP contribution in [-0.2, 0) is 20.6 Å². The van der Waals surface area contributed by atoms with Crippen LogP contribution in [0.1, 0.15) is 89.0 Å². The monoisotopic (exact) mass is 399 g/mol. The van der Waals surface area contributed by atoms with Crippen molar-refractivity contribution in [3.63, 3.8) is 0 Å². The smallest absolute Gasteiger partial charge is 0.248 e. The summed E-state index contributed by atoms with van der Waals surface area (Å²) in [5.74, 6) is 0. The van der Waals surface area contributed by atoms with Crippen LogP contribution < -0.4 is 17.1 Å². The molecular weight excluding hydrogens is 354 g/mol. The number of hydrogen-bond donors (Lipinski definition) is 0. The topological polar surface area (TPSA) is 66.0 Å². The van der Waals surface area contributed by atoms with Crippen molar-refractivity contribution < 1.29 is 0 Å². The summed E-state index contributed by atoms with van der Waals surface area (Å²) in [6.07, 6.45) is 1.64. The van der Waals surface area contributed by atoms with Crippen LogP contribution >= 0.6 is 0 Å². The fourth-order valence-electron chi connectivity index (χ4n) is 1.79. The Kier molecular flexibility index (Phi) is 11.1. The maximum atomic E-state index is 11.8. The van der Waals surface area contributed by atoms with Gasteiger partial charge in [0.05, 0.1) is 0 Å². The summed E-state index contributed by atoms with van der Waals surface area (Å²) in [7, 11) is 2.76. The van der Waals surface area contributed by atoms with Crippen LogP contribution in [0, 0.1) is 16.2 Å². The van der Waals surface area contributed by atoms with Crippen LogP contribution in [0.25, 0.3) is 0 Å². The third-order valence-corrected chi connectivity index (χ3v) is 2.92. The maximum absolute atomic E-state index is 11.8. The normalized spacial score (nSPS) is 11.9. The first-order valence-electron chi connectivity index (χ1n) is 10.0. The number of rotatable bonds is 3. The van der Waals surface area contributed by atoms with Gasteiger partial charge in [0, 0.05) is 20.6 Å². The SMILES string of the molecule is CC(C)(C)C.CC(C)(C)C.Cn1c(=O)n(C)c(=O)n(CCCC(C)(C)C)c1=O. The van der Waals surface area contributed by atoms with Gasteiger partial charge >= 0.3 is 17.1 Å². The van der Waals surface area contributed by atoms with Gasteiger partial charge in [-0.25, -0.2) is 28.1 Å². The zero-order valence-corrected chi connectivity index (χ0v) is 20.7. The van der Waals surface area contributed by atoms with Crippen LogP contribution in [-0.4, -0.2) is 13.7 Å². The van der Waals surface area contributed by atoms with Gasteiger partial charge in [-0.05, 0) is 29.1 Å². The van der Waals surface area contributed by atoms with Crippen LogP contribution in [0.2, 0.25) is 0 Å². The Balaban J connectivity index is 0. The van der Waals surface area contributed by atoms with E-state index in [0.717, 1.165) is 26.5 Å². The summed E-state index contributed by atoms with van der Waals surface area (Å²) in [6, 6.07) is 0. The number of aromatic nitrogens is 3. The maximum Gasteiger partial charge on any atom is 0.336 e. The molecular formula is C22H45N3O3. The highest BCUT2D eigenvalue weighted by molar-refractivity contribution is 4.76. The van der Waals surface area contributed by atoms with E-state index in [4.69, 9.17) is 0 Å². The van der Waals surface area contributed by atoms with Crippen LogP contribution in [0.4, 0.5) is 0 Å². The van der Waals surface area contributed by atoms with Gasteiger partial charge in [0.15, 0.2) is 0 Å². The second-order valence-corrected chi connectivity index (χ2v) is 11.8. The lowest BCUT2D eigenvalue weighted by Gasteiger charge is -2.18. The molecule has 0 aliphatic carbocycles. The summed E-state index contributed by atoms with van der Waals surface area (Å²) in [5.41, 5.74) is -0.513. The van der Waals surface area contributed by atoms with Gasteiger partial charge in [-0.2, -0.15) is 0 Å². The molecule has 0 bridgehead atoms. The minimum Gasteiger partial charge on any atom is -0.248 e. The molecule has 28 heavy (non-hydrogen) atoms. The van der Waals surface area contributed by atoms with E-state index in [1.807, 2.05) is 0 Å². The molecule has 6 heteroatoms. The Labute approximate surface area is 171 Å². The summed E-state index contributed by atoms with van der Waals surface area (Å²) >= 11 is 0. The largest absolute Gasteiger partial charge is 0.336 e. The Morgan fingerprint density at radius 2 is 0.893 bits per heavy atom. The lowest BCUT2D eigenvalue weighted by Crippen LogP contribution is -2.52. The molecule has 0 spiro atoms. The molecule has 0 radical (unpaired) electrons. The van der Waals surface area contributed by atoms with E-state index < -0.39 is 17.1 Å². The molecule has 166 valence electrons. The summed E-state index contributed by atoms with van der Waals surface area (Å²) in [5, 5.41) is 0. The van der Waals surface area contributed by atoms with E-state index in [1.54, 1.807) is 0 Å². The average molecular weight is 400 g/mol. The third-order valence-electron chi connectivity index (χ3n) is 2.92. The lowest BCUT2D eigenvalue weighted by molar-refractivity contribution is 0.345. The summed E-state index contributed by atoms with van der Waals surface area (Å²) in [6.45, 7) is 24.2. The van der Waals surface area contributed by atoms with Crippen molar-refractivity contribution >= 4 is 0 Å². The van der Waals surface area contributed by atoms with Crippen molar-refractivity contribution in [2.75, 3.05) is 0 Å². The summed E-state index contributed by atoms with van der Waals surface area (Å²) in [4.78, 5) is 35.2. The standard InChI is InChI=1S/C12H21N3O3.2C5H12/c1-12(2,3)7-6-8-15-10(17)13(4)9(16)14(5)11(15)18;2*1-5(2,3)4/h6-8H2,1-5H3;2*1-4H3. The Hall–Kier alpha value is -1.59. The van der Waals surface area contributed by atoms with Gasteiger partial charge < -0.3 is 0 Å². The highest BCUT2D eigenvalue weighted by Crippen LogP contribution is 2.20. The molecule has 1 rings (SSSR count). The molecule has 0 unspecified atom stereocenters. The van der Waals surface area contributed by atoms with Gasteiger partial charge in [0.25, 0.3) is 0 Å². The lowest BCUT2D eigenvalue weighted by atomic mass is 9.91. The van der Waals surface area contributed by atoms with Gasteiger partial charge in [-0.15, -0.1) is 0 Å². The van der Waals surface area contributed by atoms with E-state index in [1.165, 1.54) is 14.1 Å². The predicted octanol–water partition coefficient (Wildman–Crippen LogP) is 4.18. The molecule has 0 aliphatic heterocycles. The van der Waals surface area contributed by atoms with E-state index in [2.05, 4.69) is 76.2 Å². The van der Waals surface area contributed by atoms with Crippen molar-refractivity contribution in [3.8, 4) is 0 Å². The van der Waals surface area contributed by atoms with Crippen LogP contribution in [0.5, 0.6) is 0 Å². The zero-order chi connectivity index (χ0) is 23.1. The highest BCUT2D eigenvalue weighted by atomic mass is 16.2. The molecule has 1 heterocycles. The summed E-state index contributed by atoms with van der Waals surface area (Å²) < 4.78 is 3.03. The van der Waals surface area contributed by atoms with Crippen molar-refractivity contribution in [1.82, 2.24) is 13.7 Å². The molecule has 0 amide bonds. The molecule has 1 aromatic heterocycles. The quantitative estimate of drug-likeness (QED) is 0.766. The van der Waals surface area contributed by atoms with Gasteiger partial charge in [0.2, 0.25) is 0 Å². The first-order valence-corrected chi connectivity index (χ1v) is 10.0. The fraction of sp³-hybridized carbons (Fsp3) is 0.864. The predicted molar refractivity (Wildman–Crippen MR) is 120 cm³/mol.